The van der Waals surface area contributed by atoms with Gasteiger partial charge in [-0.3, -0.25) is 4.79 Å². The molecule has 2 amide bonds. The van der Waals surface area contributed by atoms with Crippen molar-refractivity contribution in [3.05, 3.63) is 0 Å². The lowest BCUT2D eigenvalue weighted by molar-refractivity contribution is -0.145. The third-order valence-corrected chi connectivity index (χ3v) is 2.39. The summed E-state index contributed by atoms with van der Waals surface area (Å²) in [5.74, 6) is -3.82. The molecule has 9 heteroatoms. The fourth-order valence-electron chi connectivity index (χ4n) is 1.34. The number of carbonyl (C=O) groups excluding carboxylic acids is 2. The number of aliphatic carboxylic acids is 2. The molecule has 9 nitrogen and oxygen atoms in total. The van der Waals surface area contributed by atoms with Crippen molar-refractivity contribution in [1.82, 2.24) is 10.6 Å². The Morgan fingerprint density at radius 1 is 1.10 bits per heavy atom. The van der Waals surface area contributed by atoms with Gasteiger partial charge in [-0.05, 0) is 5.92 Å². The molecule has 0 saturated heterocycles. The smallest absolute Gasteiger partial charge is 0.328 e. The van der Waals surface area contributed by atoms with Crippen LogP contribution < -0.4 is 10.6 Å². The van der Waals surface area contributed by atoms with E-state index in [4.69, 9.17) is 10.2 Å². The number of methoxy groups -OCH3 is 1. The van der Waals surface area contributed by atoms with E-state index >= 15 is 0 Å². The molecule has 0 aliphatic carbocycles. The average molecular weight is 290 g/mol. The van der Waals surface area contributed by atoms with E-state index in [1.54, 1.807) is 13.8 Å². The van der Waals surface area contributed by atoms with Crippen LogP contribution in [0.2, 0.25) is 0 Å². The summed E-state index contributed by atoms with van der Waals surface area (Å²) in [5, 5.41) is 21.5. The maximum atomic E-state index is 11.6. The molecule has 0 spiro atoms. The Morgan fingerprint density at radius 3 is 2.00 bits per heavy atom. The average Bonchev–Trinajstić information content (AvgIpc) is 2.33. The summed E-state index contributed by atoms with van der Waals surface area (Å²) >= 11 is 0. The molecule has 4 N–H and O–H groups in total. The van der Waals surface area contributed by atoms with Gasteiger partial charge in [0.05, 0.1) is 13.5 Å². The lowest BCUT2D eigenvalue weighted by Gasteiger charge is -2.21. The minimum atomic E-state index is -1.59. The summed E-state index contributed by atoms with van der Waals surface area (Å²) in [5.41, 5.74) is 0. The zero-order chi connectivity index (χ0) is 15.9. The van der Waals surface area contributed by atoms with Gasteiger partial charge in [0.15, 0.2) is 0 Å². The Bertz CT molecular complexity index is 394. The number of urea groups is 1. The first-order chi connectivity index (χ1) is 9.18. The van der Waals surface area contributed by atoms with E-state index < -0.39 is 42.4 Å². The van der Waals surface area contributed by atoms with Crippen LogP contribution in [-0.2, 0) is 19.1 Å². The fourth-order valence-corrected chi connectivity index (χ4v) is 1.34. The van der Waals surface area contributed by atoms with Gasteiger partial charge in [-0.15, -0.1) is 0 Å². The molecule has 0 aliphatic heterocycles. The van der Waals surface area contributed by atoms with Crippen LogP contribution in [0.5, 0.6) is 0 Å². The molecule has 0 rings (SSSR count). The molecule has 0 aliphatic rings. The summed E-state index contributed by atoms with van der Waals surface area (Å²) in [4.78, 5) is 44.3. The Labute approximate surface area is 115 Å². The van der Waals surface area contributed by atoms with Crippen molar-refractivity contribution in [3.8, 4) is 0 Å². The molecule has 0 radical (unpaired) electrons. The van der Waals surface area contributed by atoms with Crippen molar-refractivity contribution in [3.63, 3.8) is 0 Å². The molecular formula is C11H18N2O7. The van der Waals surface area contributed by atoms with E-state index in [2.05, 4.69) is 10.1 Å². The highest BCUT2D eigenvalue weighted by Gasteiger charge is 2.28. The number of rotatable bonds is 7. The van der Waals surface area contributed by atoms with Crippen LogP contribution >= 0.6 is 0 Å². The largest absolute Gasteiger partial charge is 0.481 e. The number of ether oxygens (including phenoxy) is 1. The molecular weight excluding hydrogens is 272 g/mol. The second kappa shape index (κ2) is 7.97. The number of hydrogen-bond donors (Lipinski definition) is 4. The van der Waals surface area contributed by atoms with E-state index in [9.17, 15) is 19.2 Å². The first-order valence-corrected chi connectivity index (χ1v) is 5.78. The van der Waals surface area contributed by atoms with Crippen molar-refractivity contribution in [1.29, 1.82) is 0 Å². The number of esters is 1. The third-order valence-electron chi connectivity index (χ3n) is 2.39. The van der Waals surface area contributed by atoms with Crippen molar-refractivity contribution >= 4 is 23.9 Å². The van der Waals surface area contributed by atoms with Gasteiger partial charge < -0.3 is 25.6 Å². The maximum Gasteiger partial charge on any atom is 0.328 e. The van der Waals surface area contributed by atoms with E-state index in [-0.39, 0.29) is 5.92 Å². The summed E-state index contributed by atoms with van der Waals surface area (Å²) in [6.45, 7) is 3.32. The van der Waals surface area contributed by atoms with Gasteiger partial charge in [-0.2, -0.15) is 0 Å². The summed E-state index contributed by atoms with van der Waals surface area (Å²) < 4.78 is 4.50. The lowest BCUT2D eigenvalue weighted by Crippen LogP contribution is -2.53. The number of carboxylic acids is 2. The number of hydrogen-bond acceptors (Lipinski definition) is 5. The van der Waals surface area contributed by atoms with Crippen molar-refractivity contribution in [2.24, 2.45) is 5.92 Å². The van der Waals surface area contributed by atoms with Gasteiger partial charge in [0.25, 0.3) is 0 Å². The van der Waals surface area contributed by atoms with Crippen LogP contribution in [-0.4, -0.2) is 53.3 Å². The first kappa shape index (κ1) is 17.7. The zero-order valence-corrected chi connectivity index (χ0v) is 11.4. The van der Waals surface area contributed by atoms with Gasteiger partial charge in [-0.1, -0.05) is 13.8 Å². The van der Waals surface area contributed by atoms with E-state index in [0.29, 0.717) is 0 Å². The van der Waals surface area contributed by atoms with Crippen molar-refractivity contribution in [2.45, 2.75) is 32.4 Å². The molecule has 2 unspecified atom stereocenters. The number of amides is 2. The van der Waals surface area contributed by atoms with E-state index in [1.807, 2.05) is 5.32 Å². The molecule has 0 heterocycles. The monoisotopic (exact) mass is 290 g/mol. The number of carboxylic acid groups (broad SMARTS) is 2. The SMILES string of the molecule is COC(=O)C(NC(=O)NC(CC(=O)O)C(=O)O)C(C)C. The lowest BCUT2D eigenvalue weighted by atomic mass is 10.1. The van der Waals surface area contributed by atoms with Crippen molar-refractivity contribution in [2.75, 3.05) is 7.11 Å². The Morgan fingerprint density at radius 2 is 1.65 bits per heavy atom. The fraction of sp³-hybridized carbons (Fsp3) is 0.636. The second-order valence-corrected chi connectivity index (χ2v) is 4.35. The van der Waals surface area contributed by atoms with Gasteiger partial charge >= 0.3 is 23.9 Å². The molecule has 0 aromatic rings. The van der Waals surface area contributed by atoms with Gasteiger partial charge in [0.2, 0.25) is 0 Å². The van der Waals surface area contributed by atoms with Crippen LogP contribution in [0.1, 0.15) is 20.3 Å². The van der Waals surface area contributed by atoms with Crippen LogP contribution in [0.15, 0.2) is 0 Å². The third kappa shape index (κ3) is 6.03. The quantitative estimate of drug-likeness (QED) is 0.459. The van der Waals surface area contributed by atoms with Crippen LogP contribution in [0.4, 0.5) is 4.79 Å². The first-order valence-electron chi connectivity index (χ1n) is 5.78. The summed E-state index contributed by atoms with van der Waals surface area (Å²) in [6.07, 6.45) is -0.771. The standard InChI is InChI=1S/C11H18N2O7/c1-5(2)8(10(18)20-3)13-11(19)12-6(9(16)17)4-7(14)15/h5-6,8H,4H2,1-3H3,(H,14,15)(H,16,17)(H2,12,13,19). The highest BCUT2D eigenvalue weighted by atomic mass is 16.5. The molecule has 2 atom stereocenters. The maximum absolute atomic E-state index is 11.6. The van der Waals surface area contributed by atoms with Crippen LogP contribution in [0, 0.1) is 5.92 Å². The highest BCUT2D eigenvalue weighted by molar-refractivity contribution is 5.88. The van der Waals surface area contributed by atoms with Gasteiger partial charge in [-0.25, -0.2) is 14.4 Å². The van der Waals surface area contributed by atoms with Gasteiger partial charge in [0.1, 0.15) is 12.1 Å². The topological polar surface area (TPSA) is 142 Å². The Balaban J connectivity index is 4.68. The van der Waals surface area contributed by atoms with Crippen LogP contribution in [0.25, 0.3) is 0 Å². The molecule has 0 saturated carbocycles. The molecule has 0 fully saturated rings. The molecule has 0 bridgehead atoms. The van der Waals surface area contributed by atoms with Crippen molar-refractivity contribution < 1.29 is 34.1 Å². The zero-order valence-electron chi connectivity index (χ0n) is 11.4. The van der Waals surface area contributed by atoms with Gasteiger partial charge in [0, 0.05) is 0 Å². The molecule has 0 aromatic heterocycles. The minimum Gasteiger partial charge on any atom is -0.481 e. The highest BCUT2D eigenvalue weighted by Crippen LogP contribution is 2.03. The molecule has 20 heavy (non-hydrogen) atoms. The van der Waals surface area contributed by atoms with E-state index in [1.165, 1.54) is 0 Å². The predicted molar refractivity (Wildman–Crippen MR) is 66.0 cm³/mol. The number of nitrogens with one attached hydrogen (secondary N) is 2. The summed E-state index contributed by atoms with van der Waals surface area (Å²) in [7, 11) is 1.15. The van der Waals surface area contributed by atoms with E-state index in [0.717, 1.165) is 7.11 Å². The molecule has 0 aromatic carbocycles. The minimum absolute atomic E-state index is 0.282. The predicted octanol–water partition coefficient (Wildman–Crippen LogP) is -0.589. The normalized spacial score (nSPS) is 13.2. The summed E-state index contributed by atoms with van der Waals surface area (Å²) in [6, 6.07) is -3.50. The Kier molecular flexibility index (Phi) is 7.05. The molecule has 114 valence electrons. The number of carbonyl (C=O) groups is 4. The van der Waals surface area contributed by atoms with Crippen LogP contribution in [0.3, 0.4) is 0 Å². The second-order valence-electron chi connectivity index (χ2n) is 4.35. The Hall–Kier alpha value is -2.32.